The SMILES string of the molecule is CN=C(NCc1ccccc1NS(C)(=O)=O)NCc1ccc(C)cc1OC1CCCC1. The van der Waals surface area contributed by atoms with Gasteiger partial charge in [0.2, 0.25) is 10.0 Å². The van der Waals surface area contributed by atoms with Crippen molar-refractivity contribution in [1.82, 2.24) is 10.6 Å². The van der Waals surface area contributed by atoms with Crippen molar-refractivity contribution in [2.75, 3.05) is 18.0 Å². The second kappa shape index (κ2) is 10.5. The third kappa shape index (κ3) is 7.17. The van der Waals surface area contributed by atoms with Gasteiger partial charge >= 0.3 is 0 Å². The number of nitrogens with one attached hydrogen (secondary N) is 3. The van der Waals surface area contributed by atoms with Crippen LogP contribution in [0.2, 0.25) is 0 Å². The molecule has 0 heterocycles. The molecular formula is C23H32N4O3S. The Hall–Kier alpha value is -2.74. The largest absolute Gasteiger partial charge is 0.490 e. The number of guanidine groups is 1. The Kier molecular flexibility index (Phi) is 7.79. The number of rotatable bonds is 8. The molecule has 2 aromatic carbocycles. The first-order valence-electron chi connectivity index (χ1n) is 10.6. The van der Waals surface area contributed by atoms with Crippen LogP contribution < -0.4 is 20.1 Å². The zero-order valence-corrected chi connectivity index (χ0v) is 19.3. The fraction of sp³-hybridized carbons (Fsp3) is 0.435. The highest BCUT2D eigenvalue weighted by Crippen LogP contribution is 2.27. The molecule has 1 saturated carbocycles. The number of para-hydroxylation sites is 1. The summed E-state index contributed by atoms with van der Waals surface area (Å²) in [7, 11) is -1.64. The van der Waals surface area contributed by atoms with Gasteiger partial charge in [-0.15, -0.1) is 0 Å². The van der Waals surface area contributed by atoms with Crippen LogP contribution in [0.3, 0.4) is 0 Å². The van der Waals surface area contributed by atoms with Crippen LogP contribution in [0.15, 0.2) is 47.5 Å². The van der Waals surface area contributed by atoms with E-state index in [1.807, 2.05) is 12.1 Å². The van der Waals surface area contributed by atoms with Gasteiger partial charge < -0.3 is 15.4 Å². The molecule has 0 radical (unpaired) electrons. The molecular weight excluding hydrogens is 412 g/mol. The van der Waals surface area contributed by atoms with E-state index in [-0.39, 0.29) is 0 Å². The van der Waals surface area contributed by atoms with E-state index in [0.717, 1.165) is 36.0 Å². The highest BCUT2D eigenvalue weighted by atomic mass is 32.2. The average Bonchev–Trinajstić information content (AvgIpc) is 3.22. The fourth-order valence-electron chi connectivity index (χ4n) is 3.66. The average molecular weight is 445 g/mol. The van der Waals surface area contributed by atoms with Gasteiger partial charge in [0.15, 0.2) is 5.96 Å². The van der Waals surface area contributed by atoms with Crippen LogP contribution in [0, 0.1) is 6.92 Å². The zero-order valence-electron chi connectivity index (χ0n) is 18.4. The third-order valence-electron chi connectivity index (χ3n) is 5.25. The molecule has 1 aliphatic rings. The molecule has 0 saturated heterocycles. The van der Waals surface area contributed by atoms with Crippen molar-refractivity contribution in [2.24, 2.45) is 4.99 Å². The standard InChI is InChI=1S/C23H32N4O3S/c1-17-12-13-19(22(14-17)30-20-9-5-6-10-20)16-26-23(24-2)25-15-18-8-4-7-11-21(18)27-31(3,28)29/h4,7-8,11-14,20,27H,5-6,9-10,15-16H2,1-3H3,(H2,24,25,26). The number of benzene rings is 2. The van der Waals surface area contributed by atoms with Gasteiger partial charge in [0, 0.05) is 25.7 Å². The van der Waals surface area contributed by atoms with Gasteiger partial charge in [-0.3, -0.25) is 9.71 Å². The van der Waals surface area contributed by atoms with Crippen molar-refractivity contribution in [3.63, 3.8) is 0 Å². The van der Waals surface area contributed by atoms with Gasteiger partial charge in [0.25, 0.3) is 0 Å². The number of nitrogens with zero attached hydrogens (tertiary/aromatic N) is 1. The second-order valence-corrected chi connectivity index (χ2v) is 9.69. The Labute approximate surface area is 185 Å². The Balaban J connectivity index is 1.62. The van der Waals surface area contributed by atoms with E-state index in [9.17, 15) is 8.42 Å². The molecule has 1 aliphatic carbocycles. The predicted octanol–water partition coefficient (Wildman–Crippen LogP) is 3.55. The molecule has 3 rings (SSSR count). The molecule has 0 aliphatic heterocycles. The number of aryl methyl sites for hydroxylation is 1. The number of hydrogen-bond donors (Lipinski definition) is 3. The van der Waals surface area contributed by atoms with E-state index < -0.39 is 10.0 Å². The second-order valence-electron chi connectivity index (χ2n) is 7.95. The molecule has 0 bridgehead atoms. The molecule has 0 unspecified atom stereocenters. The van der Waals surface area contributed by atoms with Crippen molar-refractivity contribution in [3.05, 3.63) is 59.2 Å². The monoisotopic (exact) mass is 444 g/mol. The topological polar surface area (TPSA) is 91.8 Å². The van der Waals surface area contributed by atoms with E-state index >= 15 is 0 Å². The fourth-order valence-corrected chi connectivity index (χ4v) is 4.25. The lowest BCUT2D eigenvalue weighted by Gasteiger charge is -2.19. The van der Waals surface area contributed by atoms with E-state index in [2.05, 4.69) is 45.5 Å². The van der Waals surface area contributed by atoms with Crippen LogP contribution in [-0.2, 0) is 23.1 Å². The van der Waals surface area contributed by atoms with Crippen molar-refractivity contribution in [1.29, 1.82) is 0 Å². The summed E-state index contributed by atoms with van der Waals surface area (Å²) in [5, 5.41) is 6.58. The number of anilines is 1. The van der Waals surface area contributed by atoms with Gasteiger partial charge in [-0.05, 0) is 55.9 Å². The van der Waals surface area contributed by atoms with Gasteiger partial charge in [0.05, 0.1) is 18.0 Å². The molecule has 8 heteroatoms. The maximum Gasteiger partial charge on any atom is 0.229 e. The summed E-state index contributed by atoms with van der Waals surface area (Å²) in [6, 6.07) is 13.6. The number of hydrogen-bond acceptors (Lipinski definition) is 4. The number of aliphatic imine (C=N–C) groups is 1. The number of ether oxygens (including phenoxy) is 1. The zero-order chi connectivity index (χ0) is 22.3. The van der Waals surface area contributed by atoms with Crippen LogP contribution in [0.25, 0.3) is 0 Å². The number of sulfonamides is 1. The first-order valence-corrected chi connectivity index (χ1v) is 12.5. The van der Waals surface area contributed by atoms with Crippen molar-refractivity contribution < 1.29 is 13.2 Å². The van der Waals surface area contributed by atoms with Crippen LogP contribution in [0.5, 0.6) is 5.75 Å². The summed E-state index contributed by atoms with van der Waals surface area (Å²) in [5.41, 5.74) is 3.64. The minimum Gasteiger partial charge on any atom is -0.490 e. The lowest BCUT2D eigenvalue weighted by molar-refractivity contribution is 0.207. The summed E-state index contributed by atoms with van der Waals surface area (Å²) in [5.74, 6) is 1.55. The normalized spacial score (nSPS) is 15.0. The molecule has 0 atom stereocenters. The van der Waals surface area contributed by atoms with E-state index in [0.29, 0.717) is 30.8 Å². The molecule has 0 amide bonds. The quantitative estimate of drug-likeness (QED) is 0.428. The minimum absolute atomic E-state index is 0.303. The maximum absolute atomic E-state index is 11.6. The van der Waals surface area contributed by atoms with Gasteiger partial charge in [-0.25, -0.2) is 8.42 Å². The Morgan fingerprint density at radius 2 is 1.74 bits per heavy atom. The molecule has 1 fully saturated rings. The Morgan fingerprint density at radius 3 is 2.42 bits per heavy atom. The molecule has 31 heavy (non-hydrogen) atoms. The maximum atomic E-state index is 11.6. The highest BCUT2D eigenvalue weighted by Gasteiger charge is 2.18. The van der Waals surface area contributed by atoms with E-state index in [4.69, 9.17) is 4.74 Å². The molecule has 7 nitrogen and oxygen atoms in total. The van der Waals surface area contributed by atoms with Crippen LogP contribution in [-0.4, -0.2) is 33.8 Å². The van der Waals surface area contributed by atoms with Crippen LogP contribution in [0.4, 0.5) is 5.69 Å². The summed E-state index contributed by atoms with van der Waals surface area (Å²) in [4.78, 5) is 4.29. The Morgan fingerprint density at radius 1 is 1.06 bits per heavy atom. The van der Waals surface area contributed by atoms with Crippen molar-refractivity contribution >= 4 is 21.7 Å². The molecule has 168 valence electrons. The van der Waals surface area contributed by atoms with E-state index in [1.54, 1.807) is 19.2 Å². The molecule has 0 aromatic heterocycles. The Bertz CT molecular complexity index is 1020. The lowest BCUT2D eigenvalue weighted by Crippen LogP contribution is -2.36. The summed E-state index contributed by atoms with van der Waals surface area (Å²) >= 11 is 0. The minimum atomic E-state index is -3.35. The smallest absolute Gasteiger partial charge is 0.229 e. The van der Waals surface area contributed by atoms with Crippen LogP contribution in [0.1, 0.15) is 42.4 Å². The molecule has 2 aromatic rings. The first kappa shape index (κ1) is 22.9. The van der Waals surface area contributed by atoms with Gasteiger partial charge in [0.1, 0.15) is 5.75 Å². The first-order chi connectivity index (χ1) is 14.8. The summed E-state index contributed by atoms with van der Waals surface area (Å²) < 4.78 is 32.0. The van der Waals surface area contributed by atoms with E-state index in [1.165, 1.54) is 18.4 Å². The molecule has 0 spiro atoms. The summed E-state index contributed by atoms with van der Waals surface area (Å²) in [6.45, 7) is 3.07. The molecule has 3 N–H and O–H groups in total. The van der Waals surface area contributed by atoms with Gasteiger partial charge in [-0.2, -0.15) is 0 Å². The van der Waals surface area contributed by atoms with Crippen LogP contribution >= 0.6 is 0 Å². The predicted molar refractivity (Wildman–Crippen MR) is 126 cm³/mol. The summed E-state index contributed by atoms with van der Waals surface area (Å²) in [6.07, 6.45) is 6.14. The highest BCUT2D eigenvalue weighted by molar-refractivity contribution is 7.92. The lowest BCUT2D eigenvalue weighted by atomic mass is 10.1. The van der Waals surface area contributed by atoms with Crippen molar-refractivity contribution in [2.45, 2.75) is 51.8 Å². The third-order valence-corrected chi connectivity index (χ3v) is 5.84. The van der Waals surface area contributed by atoms with Crippen molar-refractivity contribution in [3.8, 4) is 5.75 Å². The van der Waals surface area contributed by atoms with Gasteiger partial charge in [-0.1, -0.05) is 30.3 Å².